The maximum Gasteiger partial charge on any atom is 0.302 e. The minimum atomic E-state index is -4.57. The fourth-order valence-corrected chi connectivity index (χ4v) is 3.23. The van der Waals surface area contributed by atoms with E-state index in [0.29, 0.717) is 5.95 Å². The van der Waals surface area contributed by atoms with Gasteiger partial charge in [-0.2, -0.15) is 8.42 Å². The van der Waals surface area contributed by atoms with Crippen LogP contribution in [-0.2, 0) is 15.0 Å². The monoisotopic (exact) mass is 297 g/mol. The number of nitrogens with zero attached hydrogens (tertiary/aromatic N) is 2. The van der Waals surface area contributed by atoms with Crippen molar-refractivity contribution in [2.75, 3.05) is 17.2 Å². The molecule has 1 aromatic heterocycles. The van der Waals surface area contributed by atoms with Gasteiger partial charge < -0.3 is 4.98 Å². The molecule has 1 saturated heterocycles. The lowest BCUT2D eigenvalue weighted by Gasteiger charge is -2.12. The van der Waals surface area contributed by atoms with E-state index in [1.807, 2.05) is 18.2 Å². The van der Waals surface area contributed by atoms with E-state index in [2.05, 4.69) is 9.97 Å². The van der Waals surface area contributed by atoms with E-state index in [9.17, 15) is 17.1 Å². The zero-order valence-electron chi connectivity index (χ0n) is 10.4. The van der Waals surface area contributed by atoms with Gasteiger partial charge in [0.15, 0.2) is 0 Å². The Labute approximate surface area is 114 Å². The van der Waals surface area contributed by atoms with Crippen LogP contribution in [-0.4, -0.2) is 36.6 Å². The predicted octanol–water partition coefficient (Wildman–Crippen LogP) is 1.22. The Morgan fingerprint density at radius 2 is 2.15 bits per heavy atom. The topological polar surface area (TPSA) is 83.1 Å². The second-order valence-electron chi connectivity index (χ2n) is 4.86. The number of imidazole rings is 1. The number of aromatic nitrogens is 2. The number of carbonyl (C=O) groups is 1. The molecule has 0 spiro atoms. The van der Waals surface area contributed by atoms with Crippen molar-refractivity contribution in [1.82, 2.24) is 9.97 Å². The van der Waals surface area contributed by atoms with E-state index < -0.39 is 21.9 Å². The molecule has 1 unspecified atom stereocenters. The molecule has 0 radical (unpaired) electrons. The normalized spacial score (nSPS) is 19.9. The van der Waals surface area contributed by atoms with Gasteiger partial charge in [-0.1, -0.05) is 12.1 Å². The number of carbonyl (C=O) groups excluding carboxylic acids is 1. The molecule has 20 heavy (non-hydrogen) atoms. The number of aromatic amines is 1. The van der Waals surface area contributed by atoms with Crippen LogP contribution in [0.15, 0.2) is 24.3 Å². The first-order chi connectivity index (χ1) is 9.42. The molecule has 0 saturated carbocycles. The summed E-state index contributed by atoms with van der Waals surface area (Å²) in [5.74, 6) is -1.05. The highest BCUT2D eigenvalue weighted by Gasteiger charge is 2.35. The summed E-state index contributed by atoms with van der Waals surface area (Å²) in [5, 5.41) is 0. The van der Waals surface area contributed by atoms with Gasteiger partial charge >= 0.3 is 10.2 Å². The lowest BCUT2D eigenvalue weighted by atomic mass is 10.1. The molecule has 6 nitrogen and oxygen atoms in total. The summed E-state index contributed by atoms with van der Waals surface area (Å²) in [4.78, 5) is 20.6. The summed E-state index contributed by atoms with van der Waals surface area (Å²) in [6, 6.07) is 7.31. The second-order valence-corrected chi connectivity index (χ2v) is 6.27. The summed E-state index contributed by atoms with van der Waals surface area (Å²) in [6.07, 6.45) is 0.0141. The average Bonchev–Trinajstić information content (AvgIpc) is 2.90. The molecule has 0 bridgehead atoms. The molecule has 3 rings (SSSR count). The molecule has 0 aliphatic carbocycles. The van der Waals surface area contributed by atoms with Gasteiger partial charge in [-0.05, 0) is 12.1 Å². The fourth-order valence-electron chi connectivity index (χ4n) is 2.45. The zero-order valence-corrected chi connectivity index (χ0v) is 11.2. The highest BCUT2D eigenvalue weighted by atomic mass is 32.3. The van der Waals surface area contributed by atoms with Gasteiger partial charge in [0, 0.05) is 18.9 Å². The summed E-state index contributed by atoms with van der Waals surface area (Å²) in [6.45, 7) is 0.155. The Bertz CT molecular complexity index is 738. The van der Waals surface area contributed by atoms with E-state index in [-0.39, 0.29) is 18.9 Å². The van der Waals surface area contributed by atoms with Gasteiger partial charge in [-0.3, -0.25) is 9.69 Å². The molecule has 2 aromatic rings. The van der Waals surface area contributed by atoms with E-state index in [1.54, 1.807) is 6.07 Å². The Hall–Kier alpha value is -1.96. The third-order valence-corrected chi connectivity index (χ3v) is 4.14. The number of fused-ring (bicyclic) bond motifs is 1. The van der Waals surface area contributed by atoms with Gasteiger partial charge in [0.25, 0.3) is 0 Å². The van der Waals surface area contributed by atoms with Gasteiger partial charge in [-0.15, -0.1) is 3.89 Å². The molecule has 106 valence electrons. The molecule has 8 heteroatoms. The van der Waals surface area contributed by atoms with E-state index >= 15 is 0 Å². The molecule has 2 heterocycles. The van der Waals surface area contributed by atoms with Gasteiger partial charge in [0.1, 0.15) is 0 Å². The van der Waals surface area contributed by atoms with E-state index in [1.165, 1.54) is 4.90 Å². The van der Waals surface area contributed by atoms with Crippen LogP contribution in [0.5, 0.6) is 0 Å². The maximum absolute atomic E-state index is 12.7. The van der Waals surface area contributed by atoms with Crippen LogP contribution in [0.4, 0.5) is 9.83 Å². The molecule has 1 amide bonds. The highest BCUT2D eigenvalue weighted by molar-refractivity contribution is 7.86. The number of hydrogen-bond donors (Lipinski definition) is 1. The summed E-state index contributed by atoms with van der Waals surface area (Å²) < 4.78 is 34.0. The number of H-pyrrole nitrogens is 1. The van der Waals surface area contributed by atoms with Crippen molar-refractivity contribution in [2.24, 2.45) is 5.92 Å². The van der Waals surface area contributed by atoms with E-state index in [4.69, 9.17) is 0 Å². The van der Waals surface area contributed by atoms with Crippen molar-refractivity contribution >= 4 is 33.1 Å². The highest BCUT2D eigenvalue weighted by Crippen LogP contribution is 2.26. The molecule has 1 aliphatic heterocycles. The SMILES string of the molecule is O=C1CC(CS(=O)(=O)F)CN1c1nc2ccccc2[nH]1. The van der Waals surface area contributed by atoms with Crippen molar-refractivity contribution in [2.45, 2.75) is 6.42 Å². The van der Waals surface area contributed by atoms with Crippen LogP contribution in [0.2, 0.25) is 0 Å². The quantitative estimate of drug-likeness (QED) is 0.863. The largest absolute Gasteiger partial charge is 0.324 e. The Morgan fingerprint density at radius 1 is 1.40 bits per heavy atom. The van der Waals surface area contributed by atoms with Crippen molar-refractivity contribution in [3.63, 3.8) is 0 Å². The standard InChI is InChI=1S/C12H12FN3O3S/c13-20(18,19)7-8-5-11(17)16(6-8)12-14-9-3-1-2-4-10(9)15-12/h1-4,8H,5-7H2,(H,14,15). The molecular formula is C12H12FN3O3S. The molecule has 1 aromatic carbocycles. The molecule has 1 atom stereocenters. The molecule has 1 N–H and O–H groups in total. The molecule has 1 fully saturated rings. The van der Waals surface area contributed by atoms with Crippen molar-refractivity contribution < 1.29 is 17.1 Å². The van der Waals surface area contributed by atoms with Crippen LogP contribution in [0.3, 0.4) is 0 Å². The van der Waals surface area contributed by atoms with Crippen LogP contribution in [0, 0.1) is 5.92 Å². The first kappa shape index (κ1) is 13.0. The second kappa shape index (κ2) is 4.55. The number of amides is 1. The Balaban J connectivity index is 1.85. The third-order valence-electron chi connectivity index (χ3n) is 3.27. The Morgan fingerprint density at radius 3 is 2.85 bits per heavy atom. The average molecular weight is 297 g/mol. The minimum absolute atomic E-state index is 0.0141. The number of hydrogen-bond acceptors (Lipinski definition) is 4. The number of halogens is 1. The fraction of sp³-hybridized carbons (Fsp3) is 0.333. The minimum Gasteiger partial charge on any atom is -0.324 e. The third kappa shape index (κ3) is 2.51. The van der Waals surface area contributed by atoms with Crippen LogP contribution in [0.1, 0.15) is 6.42 Å². The smallest absolute Gasteiger partial charge is 0.302 e. The lowest BCUT2D eigenvalue weighted by molar-refractivity contribution is -0.117. The number of anilines is 1. The number of rotatable bonds is 3. The van der Waals surface area contributed by atoms with Crippen LogP contribution in [0.25, 0.3) is 11.0 Å². The van der Waals surface area contributed by atoms with Crippen molar-refractivity contribution in [3.8, 4) is 0 Å². The van der Waals surface area contributed by atoms with E-state index in [0.717, 1.165) is 11.0 Å². The van der Waals surface area contributed by atoms with Gasteiger partial charge in [0.05, 0.1) is 16.8 Å². The van der Waals surface area contributed by atoms with Gasteiger partial charge in [0.2, 0.25) is 11.9 Å². The summed E-state index contributed by atoms with van der Waals surface area (Å²) in [7, 11) is -4.57. The van der Waals surface area contributed by atoms with Crippen LogP contribution < -0.4 is 4.90 Å². The van der Waals surface area contributed by atoms with Crippen molar-refractivity contribution in [1.29, 1.82) is 0 Å². The Kier molecular flexibility index (Phi) is 2.97. The maximum atomic E-state index is 12.7. The number of nitrogens with one attached hydrogen (secondary N) is 1. The van der Waals surface area contributed by atoms with Crippen molar-refractivity contribution in [3.05, 3.63) is 24.3 Å². The van der Waals surface area contributed by atoms with Gasteiger partial charge in [-0.25, -0.2) is 4.98 Å². The first-order valence-corrected chi connectivity index (χ1v) is 7.65. The zero-order chi connectivity index (χ0) is 14.3. The number of para-hydroxylation sites is 2. The summed E-state index contributed by atoms with van der Waals surface area (Å²) in [5.41, 5.74) is 1.51. The number of benzene rings is 1. The first-order valence-electron chi connectivity index (χ1n) is 6.10. The predicted molar refractivity (Wildman–Crippen MR) is 71.4 cm³/mol. The van der Waals surface area contributed by atoms with Crippen LogP contribution >= 0.6 is 0 Å². The molecular weight excluding hydrogens is 285 g/mol. The summed E-state index contributed by atoms with van der Waals surface area (Å²) >= 11 is 0. The molecule has 1 aliphatic rings. The lowest BCUT2D eigenvalue weighted by Crippen LogP contribution is -2.26.